The Morgan fingerprint density at radius 2 is 1.74 bits per heavy atom. The van der Waals surface area contributed by atoms with Gasteiger partial charge >= 0.3 is 6.18 Å². The van der Waals surface area contributed by atoms with Crippen LogP contribution < -0.4 is 10.2 Å². The quantitative estimate of drug-likeness (QED) is 0.596. The normalized spacial score (nSPS) is 21.2. The molecular weight excluding hydrogens is 443 g/mol. The fourth-order valence-corrected chi connectivity index (χ4v) is 4.92. The van der Waals surface area contributed by atoms with Crippen LogP contribution in [0.25, 0.3) is 0 Å². The highest BCUT2D eigenvalue weighted by molar-refractivity contribution is 5.63. The van der Waals surface area contributed by atoms with Crippen LogP contribution in [0.1, 0.15) is 23.1 Å². The van der Waals surface area contributed by atoms with Gasteiger partial charge in [0, 0.05) is 38.3 Å². The van der Waals surface area contributed by atoms with E-state index in [9.17, 15) is 18.3 Å². The molecule has 9 heteroatoms. The minimum atomic E-state index is -4.47. The number of benzene rings is 2. The van der Waals surface area contributed by atoms with Gasteiger partial charge in [-0.3, -0.25) is 4.90 Å². The Kier molecular flexibility index (Phi) is 6.14. The summed E-state index contributed by atoms with van der Waals surface area (Å²) >= 11 is 0. The number of aromatic nitrogens is 2. The predicted octanol–water partition coefficient (Wildman–Crippen LogP) is 4.24. The van der Waals surface area contributed by atoms with E-state index in [0.717, 1.165) is 32.0 Å². The maximum atomic E-state index is 13.3. The van der Waals surface area contributed by atoms with Gasteiger partial charge in [0.05, 0.1) is 17.4 Å². The molecule has 0 unspecified atom stereocenters. The highest BCUT2D eigenvalue weighted by Gasteiger charge is 2.35. The molecule has 2 N–H and O–H groups in total. The lowest BCUT2D eigenvalue weighted by atomic mass is 9.94. The third kappa shape index (κ3) is 4.71. The van der Waals surface area contributed by atoms with Gasteiger partial charge in [0.2, 0.25) is 0 Å². The number of rotatable bonds is 4. The molecule has 0 aliphatic carbocycles. The summed E-state index contributed by atoms with van der Waals surface area (Å²) in [6.45, 7) is 2.84. The summed E-state index contributed by atoms with van der Waals surface area (Å²) in [5.41, 5.74) is 1.87. The SMILES string of the molecule is O[C@@H]1CN(c2cc(Nc3ccccc3C(F)(F)F)ncn2)CC[C@H]1N1CCc2ccccc2C1. The van der Waals surface area contributed by atoms with E-state index in [-0.39, 0.29) is 17.5 Å². The van der Waals surface area contributed by atoms with E-state index in [4.69, 9.17) is 0 Å². The average Bonchev–Trinajstić information content (AvgIpc) is 2.83. The summed E-state index contributed by atoms with van der Waals surface area (Å²) in [6, 6.07) is 15.4. The van der Waals surface area contributed by atoms with Crippen LogP contribution in [-0.4, -0.2) is 51.8 Å². The molecule has 0 radical (unpaired) electrons. The molecule has 2 atom stereocenters. The molecule has 3 heterocycles. The molecule has 2 aromatic carbocycles. The molecule has 6 nitrogen and oxygen atoms in total. The van der Waals surface area contributed by atoms with Crippen LogP contribution in [0.5, 0.6) is 0 Å². The number of piperidine rings is 1. The first-order valence-corrected chi connectivity index (χ1v) is 11.4. The van der Waals surface area contributed by atoms with Crippen molar-refractivity contribution in [2.45, 2.75) is 37.7 Å². The lowest BCUT2D eigenvalue weighted by Gasteiger charge is -2.43. The Balaban J connectivity index is 1.27. The van der Waals surface area contributed by atoms with Crippen LogP contribution in [0.3, 0.4) is 0 Å². The summed E-state index contributed by atoms with van der Waals surface area (Å²) in [6.07, 6.45) is -1.96. The molecule has 0 saturated carbocycles. The van der Waals surface area contributed by atoms with Crippen LogP contribution in [0, 0.1) is 0 Å². The Morgan fingerprint density at radius 3 is 2.53 bits per heavy atom. The number of hydrogen-bond acceptors (Lipinski definition) is 6. The number of anilines is 3. The van der Waals surface area contributed by atoms with E-state index in [0.29, 0.717) is 18.9 Å². The maximum absolute atomic E-state index is 13.3. The van der Waals surface area contributed by atoms with Crippen molar-refractivity contribution in [1.82, 2.24) is 14.9 Å². The Bertz CT molecular complexity index is 1160. The van der Waals surface area contributed by atoms with Crippen LogP contribution in [-0.2, 0) is 19.1 Å². The molecule has 5 rings (SSSR count). The number of hydrogen-bond donors (Lipinski definition) is 2. The topological polar surface area (TPSA) is 64.5 Å². The summed E-state index contributed by atoms with van der Waals surface area (Å²) in [5.74, 6) is 0.842. The molecule has 0 amide bonds. The maximum Gasteiger partial charge on any atom is 0.418 e. The molecule has 2 aliphatic heterocycles. The fraction of sp³-hybridized carbons (Fsp3) is 0.360. The van der Waals surface area contributed by atoms with Gasteiger partial charge in [0.1, 0.15) is 18.0 Å². The Hall–Kier alpha value is -3.17. The number of aliphatic hydroxyl groups is 1. The second-order valence-electron chi connectivity index (χ2n) is 8.79. The van der Waals surface area contributed by atoms with Crippen molar-refractivity contribution >= 4 is 17.3 Å². The minimum absolute atomic E-state index is 0.0581. The minimum Gasteiger partial charge on any atom is -0.390 e. The van der Waals surface area contributed by atoms with E-state index >= 15 is 0 Å². The zero-order valence-electron chi connectivity index (χ0n) is 18.5. The number of nitrogens with zero attached hydrogens (tertiary/aromatic N) is 4. The molecule has 2 aliphatic rings. The van der Waals surface area contributed by atoms with E-state index in [1.54, 1.807) is 12.1 Å². The second kappa shape index (κ2) is 9.23. The van der Waals surface area contributed by atoms with Crippen molar-refractivity contribution in [3.8, 4) is 0 Å². The molecule has 0 bridgehead atoms. The Labute approximate surface area is 196 Å². The number of alkyl halides is 3. The number of aliphatic hydroxyl groups excluding tert-OH is 1. The first-order chi connectivity index (χ1) is 16.4. The zero-order chi connectivity index (χ0) is 23.7. The third-order valence-electron chi connectivity index (χ3n) is 6.65. The second-order valence-corrected chi connectivity index (χ2v) is 8.79. The highest BCUT2D eigenvalue weighted by Crippen LogP contribution is 2.36. The number of fused-ring (bicyclic) bond motifs is 1. The van der Waals surface area contributed by atoms with Gasteiger partial charge in [-0.05, 0) is 36.1 Å². The van der Waals surface area contributed by atoms with Crippen molar-refractivity contribution in [3.63, 3.8) is 0 Å². The van der Waals surface area contributed by atoms with Crippen LogP contribution in [0.4, 0.5) is 30.5 Å². The van der Waals surface area contributed by atoms with E-state index in [1.807, 2.05) is 4.90 Å². The van der Waals surface area contributed by atoms with Gasteiger partial charge in [-0.15, -0.1) is 0 Å². The highest BCUT2D eigenvalue weighted by atomic mass is 19.4. The molecule has 1 fully saturated rings. The van der Waals surface area contributed by atoms with Gasteiger partial charge in [-0.25, -0.2) is 9.97 Å². The lowest BCUT2D eigenvalue weighted by Crippen LogP contribution is -2.55. The smallest absolute Gasteiger partial charge is 0.390 e. The molecule has 34 heavy (non-hydrogen) atoms. The van der Waals surface area contributed by atoms with E-state index in [1.165, 1.54) is 29.6 Å². The first kappa shape index (κ1) is 22.6. The van der Waals surface area contributed by atoms with Crippen molar-refractivity contribution in [3.05, 3.63) is 77.6 Å². The summed E-state index contributed by atoms with van der Waals surface area (Å²) in [7, 11) is 0. The van der Waals surface area contributed by atoms with Gasteiger partial charge in [-0.2, -0.15) is 13.2 Å². The fourth-order valence-electron chi connectivity index (χ4n) is 4.92. The molecule has 178 valence electrons. The molecule has 3 aromatic rings. The Morgan fingerprint density at radius 1 is 0.971 bits per heavy atom. The third-order valence-corrected chi connectivity index (χ3v) is 6.65. The van der Waals surface area contributed by atoms with Gasteiger partial charge in [0.15, 0.2) is 0 Å². The van der Waals surface area contributed by atoms with Crippen molar-refractivity contribution in [2.24, 2.45) is 0 Å². The number of nitrogens with one attached hydrogen (secondary N) is 1. The largest absolute Gasteiger partial charge is 0.418 e. The number of para-hydroxylation sites is 1. The molecule has 1 saturated heterocycles. The van der Waals surface area contributed by atoms with Gasteiger partial charge < -0.3 is 15.3 Å². The molecular formula is C25H26F3N5O. The van der Waals surface area contributed by atoms with Crippen molar-refractivity contribution in [2.75, 3.05) is 29.9 Å². The molecule has 1 aromatic heterocycles. The summed E-state index contributed by atoms with van der Waals surface area (Å²) in [5, 5.41) is 13.7. The van der Waals surface area contributed by atoms with Crippen LogP contribution in [0.2, 0.25) is 0 Å². The van der Waals surface area contributed by atoms with Gasteiger partial charge in [-0.1, -0.05) is 36.4 Å². The van der Waals surface area contributed by atoms with Gasteiger partial charge in [0.25, 0.3) is 0 Å². The number of halogens is 3. The van der Waals surface area contributed by atoms with Crippen molar-refractivity contribution in [1.29, 1.82) is 0 Å². The van der Waals surface area contributed by atoms with Crippen LogP contribution in [0.15, 0.2) is 60.9 Å². The zero-order valence-corrected chi connectivity index (χ0v) is 18.5. The molecule has 0 spiro atoms. The summed E-state index contributed by atoms with van der Waals surface area (Å²) < 4.78 is 40.0. The average molecular weight is 470 g/mol. The van der Waals surface area contributed by atoms with E-state index < -0.39 is 17.8 Å². The van der Waals surface area contributed by atoms with E-state index in [2.05, 4.69) is 44.5 Å². The number of β-amino-alcohol motifs (C(OH)–C–C–N with tert-alkyl or cyclic N) is 1. The van der Waals surface area contributed by atoms with Crippen molar-refractivity contribution < 1.29 is 18.3 Å². The summed E-state index contributed by atoms with van der Waals surface area (Å²) in [4.78, 5) is 12.7. The first-order valence-electron chi connectivity index (χ1n) is 11.4. The standard InChI is InChI=1S/C25H26F3N5O/c26-25(27,28)19-7-3-4-8-20(19)31-23-13-24(30-16-29-23)33-12-10-21(22(34)15-33)32-11-9-17-5-1-2-6-18(17)14-32/h1-8,13,16,21-22,34H,9-12,14-15H2,(H,29,30,31)/t21-,22-/m1/s1. The lowest BCUT2D eigenvalue weighted by molar-refractivity contribution is -0.136. The monoisotopic (exact) mass is 469 g/mol. The van der Waals surface area contributed by atoms with Crippen LogP contribution >= 0.6 is 0 Å². The predicted molar refractivity (Wildman–Crippen MR) is 124 cm³/mol.